The van der Waals surface area contributed by atoms with Gasteiger partial charge >= 0.3 is 0 Å². The van der Waals surface area contributed by atoms with Crippen LogP contribution in [0.2, 0.25) is 0 Å². The molecule has 8 nitrogen and oxygen atoms in total. The normalized spacial score (nSPS) is 13.0. The molecule has 1 aliphatic heterocycles. The van der Waals surface area contributed by atoms with E-state index in [9.17, 15) is 0 Å². The number of aromatic nitrogens is 3. The quantitative estimate of drug-likeness (QED) is 0.250. The molecule has 0 amide bonds. The molecular weight excluding hydrogens is 471 g/mol. The van der Waals surface area contributed by atoms with Crippen LogP contribution in [0, 0.1) is 6.92 Å². The van der Waals surface area contributed by atoms with Crippen molar-refractivity contribution in [2.45, 2.75) is 39.4 Å². The first-order valence-corrected chi connectivity index (χ1v) is 9.28. The van der Waals surface area contributed by atoms with Gasteiger partial charge in [0.25, 0.3) is 0 Å². The van der Waals surface area contributed by atoms with Crippen LogP contribution in [0.5, 0.6) is 5.75 Å². The zero-order valence-electron chi connectivity index (χ0n) is 16.7. The van der Waals surface area contributed by atoms with Gasteiger partial charge in [0, 0.05) is 39.2 Å². The Morgan fingerprint density at radius 1 is 1.21 bits per heavy atom. The SMILES string of the molecule is CN=C(NCc1ccc(C)cc1OCCOC)NCc1nnc2n1CCC2.I. The number of hydrogen-bond donors (Lipinski definition) is 2. The standard InChI is InChI=1S/C19H28N6O2.HI/c1-14-6-7-15(16(11-14)27-10-9-26-3)12-21-19(20-2)22-13-18-24-23-17-5-4-8-25(17)18;/h6-7,11H,4-5,8-10,12-13H2,1-3H3,(H2,20,21,22);1H. The van der Waals surface area contributed by atoms with Crippen molar-refractivity contribution in [1.82, 2.24) is 25.4 Å². The Morgan fingerprint density at radius 2 is 2.04 bits per heavy atom. The minimum Gasteiger partial charge on any atom is -0.491 e. The lowest BCUT2D eigenvalue weighted by molar-refractivity contribution is 0.145. The molecule has 0 atom stereocenters. The molecule has 154 valence electrons. The molecule has 2 heterocycles. The number of rotatable bonds is 8. The van der Waals surface area contributed by atoms with Crippen molar-refractivity contribution in [3.05, 3.63) is 41.0 Å². The van der Waals surface area contributed by atoms with E-state index in [1.54, 1.807) is 14.2 Å². The molecule has 0 saturated carbocycles. The summed E-state index contributed by atoms with van der Waals surface area (Å²) < 4.78 is 13.1. The summed E-state index contributed by atoms with van der Waals surface area (Å²) in [5.41, 5.74) is 2.23. The highest BCUT2D eigenvalue weighted by molar-refractivity contribution is 14.0. The highest BCUT2D eigenvalue weighted by Gasteiger charge is 2.17. The van der Waals surface area contributed by atoms with Crippen molar-refractivity contribution in [3.8, 4) is 5.75 Å². The molecule has 2 N–H and O–H groups in total. The van der Waals surface area contributed by atoms with Crippen molar-refractivity contribution in [2.75, 3.05) is 27.4 Å². The van der Waals surface area contributed by atoms with E-state index in [1.807, 2.05) is 6.07 Å². The number of hydrogen-bond acceptors (Lipinski definition) is 5. The summed E-state index contributed by atoms with van der Waals surface area (Å²) in [7, 11) is 3.43. The van der Waals surface area contributed by atoms with Crippen LogP contribution in [0.15, 0.2) is 23.2 Å². The van der Waals surface area contributed by atoms with Gasteiger partial charge in [-0.25, -0.2) is 0 Å². The van der Waals surface area contributed by atoms with E-state index in [2.05, 4.69) is 49.4 Å². The first-order valence-electron chi connectivity index (χ1n) is 9.28. The predicted molar refractivity (Wildman–Crippen MR) is 119 cm³/mol. The lowest BCUT2D eigenvalue weighted by atomic mass is 10.1. The lowest BCUT2D eigenvalue weighted by Crippen LogP contribution is -2.37. The minimum atomic E-state index is 0. The molecular formula is C19H29IN6O2. The summed E-state index contributed by atoms with van der Waals surface area (Å²) in [5.74, 6) is 3.61. The third kappa shape index (κ3) is 5.81. The maximum absolute atomic E-state index is 5.85. The Balaban J connectivity index is 0.00000280. The van der Waals surface area contributed by atoms with Crippen molar-refractivity contribution < 1.29 is 9.47 Å². The third-order valence-corrected chi connectivity index (χ3v) is 4.54. The summed E-state index contributed by atoms with van der Waals surface area (Å²) in [4.78, 5) is 4.29. The molecule has 1 aromatic heterocycles. The topological polar surface area (TPSA) is 85.6 Å². The number of ether oxygens (including phenoxy) is 2. The number of nitrogens with one attached hydrogen (secondary N) is 2. The molecule has 9 heteroatoms. The second-order valence-corrected chi connectivity index (χ2v) is 6.52. The minimum absolute atomic E-state index is 0. The number of nitrogens with zero attached hydrogens (tertiary/aromatic N) is 4. The van der Waals surface area contributed by atoms with Crippen LogP contribution in [-0.2, 0) is 30.8 Å². The zero-order chi connectivity index (χ0) is 19.1. The molecule has 0 saturated heterocycles. The monoisotopic (exact) mass is 500 g/mol. The number of aliphatic imine (C=N–C) groups is 1. The van der Waals surface area contributed by atoms with Crippen molar-refractivity contribution in [1.29, 1.82) is 0 Å². The summed E-state index contributed by atoms with van der Waals surface area (Å²) in [5, 5.41) is 15.1. The first kappa shape index (κ1) is 22.4. The van der Waals surface area contributed by atoms with Gasteiger partial charge in [-0.15, -0.1) is 34.2 Å². The van der Waals surface area contributed by atoms with Crippen LogP contribution in [0.1, 0.15) is 29.2 Å². The van der Waals surface area contributed by atoms with Crippen LogP contribution in [-0.4, -0.2) is 48.1 Å². The average Bonchev–Trinajstić information content (AvgIpc) is 3.28. The maximum atomic E-state index is 5.85. The molecule has 0 unspecified atom stereocenters. The summed E-state index contributed by atoms with van der Waals surface area (Å²) in [6.45, 7) is 5.34. The first-order chi connectivity index (χ1) is 13.2. The van der Waals surface area contributed by atoms with Gasteiger partial charge in [0.15, 0.2) is 11.8 Å². The van der Waals surface area contributed by atoms with E-state index in [4.69, 9.17) is 9.47 Å². The van der Waals surface area contributed by atoms with Gasteiger partial charge in [-0.05, 0) is 25.0 Å². The Kier molecular flexibility index (Phi) is 8.97. The Labute approximate surface area is 183 Å². The van der Waals surface area contributed by atoms with Gasteiger partial charge < -0.3 is 24.7 Å². The number of guanidine groups is 1. The molecule has 28 heavy (non-hydrogen) atoms. The molecule has 1 aromatic carbocycles. The van der Waals surface area contributed by atoms with Gasteiger partial charge in [-0.1, -0.05) is 12.1 Å². The second kappa shape index (κ2) is 11.2. The van der Waals surface area contributed by atoms with Crippen molar-refractivity contribution in [2.24, 2.45) is 4.99 Å². The van der Waals surface area contributed by atoms with Gasteiger partial charge in [0.1, 0.15) is 18.2 Å². The zero-order valence-corrected chi connectivity index (χ0v) is 19.0. The average molecular weight is 500 g/mol. The van der Waals surface area contributed by atoms with Crippen molar-refractivity contribution in [3.63, 3.8) is 0 Å². The van der Waals surface area contributed by atoms with E-state index < -0.39 is 0 Å². The largest absolute Gasteiger partial charge is 0.491 e. The van der Waals surface area contributed by atoms with Crippen LogP contribution in [0.25, 0.3) is 0 Å². The van der Waals surface area contributed by atoms with E-state index in [1.165, 1.54) is 0 Å². The van der Waals surface area contributed by atoms with Gasteiger partial charge in [-0.2, -0.15) is 0 Å². The van der Waals surface area contributed by atoms with E-state index in [0.717, 1.165) is 47.9 Å². The molecule has 0 aliphatic carbocycles. The number of methoxy groups -OCH3 is 1. The molecule has 1 aliphatic rings. The Bertz CT molecular complexity index is 793. The fraction of sp³-hybridized carbons (Fsp3) is 0.526. The molecule has 0 fully saturated rings. The number of halogens is 1. The van der Waals surface area contributed by atoms with Crippen LogP contribution in [0.4, 0.5) is 0 Å². The smallest absolute Gasteiger partial charge is 0.191 e. The van der Waals surface area contributed by atoms with Gasteiger partial charge in [0.05, 0.1) is 13.2 Å². The Hall–Kier alpha value is -1.88. The number of aryl methyl sites for hydroxylation is 2. The van der Waals surface area contributed by atoms with Crippen LogP contribution >= 0.6 is 24.0 Å². The van der Waals surface area contributed by atoms with E-state index in [-0.39, 0.29) is 24.0 Å². The highest BCUT2D eigenvalue weighted by atomic mass is 127. The molecule has 0 radical (unpaired) electrons. The number of fused-ring (bicyclic) bond motifs is 1. The van der Waals surface area contributed by atoms with E-state index in [0.29, 0.717) is 32.3 Å². The van der Waals surface area contributed by atoms with Crippen molar-refractivity contribution >= 4 is 29.9 Å². The molecule has 3 rings (SSSR count). The molecule has 0 spiro atoms. The van der Waals surface area contributed by atoms with E-state index >= 15 is 0 Å². The summed E-state index contributed by atoms with van der Waals surface area (Å²) in [6, 6.07) is 6.20. The lowest BCUT2D eigenvalue weighted by Gasteiger charge is -2.15. The Morgan fingerprint density at radius 3 is 2.82 bits per heavy atom. The molecule has 2 aromatic rings. The third-order valence-electron chi connectivity index (χ3n) is 4.54. The maximum Gasteiger partial charge on any atom is 0.191 e. The predicted octanol–water partition coefficient (Wildman–Crippen LogP) is 2.04. The second-order valence-electron chi connectivity index (χ2n) is 6.52. The fourth-order valence-corrected chi connectivity index (χ4v) is 3.08. The number of benzene rings is 1. The summed E-state index contributed by atoms with van der Waals surface area (Å²) in [6.07, 6.45) is 2.16. The van der Waals surface area contributed by atoms with Crippen LogP contribution in [0.3, 0.4) is 0 Å². The van der Waals surface area contributed by atoms with Crippen LogP contribution < -0.4 is 15.4 Å². The highest BCUT2D eigenvalue weighted by Crippen LogP contribution is 2.20. The molecule has 0 bridgehead atoms. The summed E-state index contributed by atoms with van der Waals surface area (Å²) >= 11 is 0. The fourth-order valence-electron chi connectivity index (χ4n) is 3.08. The van der Waals surface area contributed by atoms with Gasteiger partial charge in [0.2, 0.25) is 0 Å². The van der Waals surface area contributed by atoms with Gasteiger partial charge in [-0.3, -0.25) is 4.99 Å².